The fourth-order valence-corrected chi connectivity index (χ4v) is 6.55. The number of phenolic OH excluding ortho intramolecular Hbond substituents is 1. The van der Waals surface area contributed by atoms with Crippen molar-refractivity contribution in [3.63, 3.8) is 0 Å². The van der Waals surface area contributed by atoms with Gasteiger partial charge in [0, 0.05) is 24.6 Å². The Morgan fingerprint density at radius 1 is 1.16 bits per heavy atom. The highest BCUT2D eigenvalue weighted by atomic mass is 19.1. The number of benzene rings is 1. The summed E-state index contributed by atoms with van der Waals surface area (Å²) in [6.45, 7) is 0.756. The number of primary amides is 1. The van der Waals surface area contributed by atoms with E-state index in [1.54, 1.807) is 0 Å². The zero-order chi connectivity index (χ0) is 27.8. The van der Waals surface area contributed by atoms with Gasteiger partial charge in [0.15, 0.2) is 11.4 Å². The van der Waals surface area contributed by atoms with Gasteiger partial charge in [-0.2, -0.15) is 0 Å². The first-order valence-corrected chi connectivity index (χ1v) is 12.3. The highest BCUT2D eigenvalue weighted by Crippen LogP contribution is 2.52. The van der Waals surface area contributed by atoms with Crippen molar-refractivity contribution in [3.05, 3.63) is 51.2 Å². The van der Waals surface area contributed by atoms with E-state index in [9.17, 15) is 39.6 Å². The fraction of sp³-hybridized carbons (Fsp3) is 0.462. The van der Waals surface area contributed by atoms with E-state index in [0.29, 0.717) is 13.1 Å². The van der Waals surface area contributed by atoms with Gasteiger partial charge in [-0.05, 0) is 57.3 Å². The maximum Gasteiger partial charge on any atom is 0.260 e. The SMILES string of the molecule is CN(C)[C@@H]1C(O)=C(C(N)=O)C(=O)[C@@]2(O)C(O)=C3C(=O)c4c(cc(F)c(C(=O)N5CCCC5)c4O)C[C@H]3C[C@@H]12. The number of likely N-dealkylation sites (tertiary alicyclic amines) is 1. The maximum atomic E-state index is 15.1. The van der Waals surface area contributed by atoms with Crippen LogP contribution in [0.15, 0.2) is 28.7 Å². The van der Waals surface area contributed by atoms with Crippen molar-refractivity contribution < 1.29 is 44.0 Å². The lowest BCUT2D eigenvalue weighted by atomic mass is 9.58. The second-order valence-electron chi connectivity index (χ2n) is 10.6. The number of amides is 2. The summed E-state index contributed by atoms with van der Waals surface area (Å²) in [6.07, 6.45) is 1.28. The number of aromatic hydroxyl groups is 1. The summed E-state index contributed by atoms with van der Waals surface area (Å²) >= 11 is 0. The first-order chi connectivity index (χ1) is 17.8. The molecule has 1 aromatic rings. The number of rotatable bonds is 3. The van der Waals surface area contributed by atoms with Crippen LogP contribution in [0.5, 0.6) is 5.75 Å². The van der Waals surface area contributed by atoms with Crippen molar-refractivity contribution in [1.82, 2.24) is 9.80 Å². The minimum atomic E-state index is -2.77. The van der Waals surface area contributed by atoms with Crippen molar-refractivity contribution >= 4 is 23.4 Å². The molecule has 11 nitrogen and oxygen atoms in total. The van der Waals surface area contributed by atoms with Gasteiger partial charge in [0.05, 0.1) is 11.6 Å². The van der Waals surface area contributed by atoms with Crippen molar-refractivity contribution in [2.75, 3.05) is 27.2 Å². The number of carbonyl (C=O) groups is 4. The van der Waals surface area contributed by atoms with Crippen molar-refractivity contribution in [3.8, 4) is 5.75 Å². The highest BCUT2D eigenvalue weighted by Gasteiger charge is 2.63. The van der Waals surface area contributed by atoms with Crippen LogP contribution in [0.4, 0.5) is 4.39 Å². The minimum Gasteiger partial charge on any atom is -0.510 e. The molecule has 12 heteroatoms. The molecule has 0 bridgehead atoms. The number of nitrogens with zero attached hydrogens (tertiary/aromatic N) is 2. The van der Waals surface area contributed by atoms with Crippen molar-refractivity contribution in [2.45, 2.75) is 37.3 Å². The predicted molar refractivity (Wildman–Crippen MR) is 129 cm³/mol. The molecule has 4 aliphatic rings. The van der Waals surface area contributed by atoms with Crippen LogP contribution in [-0.2, 0) is 16.0 Å². The highest BCUT2D eigenvalue weighted by molar-refractivity contribution is 6.25. The number of ketones is 2. The number of halogens is 1. The third kappa shape index (κ3) is 3.33. The van der Waals surface area contributed by atoms with Gasteiger partial charge in [0.2, 0.25) is 5.78 Å². The molecule has 0 aromatic heterocycles. The number of hydrogen-bond donors (Lipinski definition) is 5. The number of aliphatic hydroxyl groups excluding tert-OH is 2. The molecule has 1 heterocycles. The molecular weight excluding hydrogens is 501 g/mol. The number of carbonyl (C=O) groups excluding carboxylic acids is 4. The van der Waals surface area contributed by atoms with Crippen LogP contribution in [0.1, 0.15) is 45.5 Å². The Bertz CT molecular complexity index is 1380. The molecule has 38 heavy (non-hydrogen) atoms. The summed E-state index contributed by atoms with van der Waals surface area (Å²) in [5.41, 5.74) is 0.331. The largest absolute Gasteiger partial charge is 0.510 e. The number of likely N-dealkylation sites (N-methyl/N-ethyl adjacent to an activating group) is 1. The quantitative estimate of drug-likeness (QED) is 0.348. The average molecular weight is 530 g/mol. The third-order valence-electron chi connectivity index (χ3n) is 8.27. The Labute approximate surface area is 216 Å². The maximum absolute atomic E-state index is 15.1. The van der Waals surface area contributed by atoms with E-state index in [1.807, 2.05) is 0 Å². The second-order valence-corrected chi connectivity index (χ2v) is 10.6. The summed E-state index contributed by atoms with van der Waals surface area (Å²) < 4.78 is 15.1. The summed E-state index contributed by atoms with van der Waals surface area (Å²) in [7, 11) is 3.05. The molecule has 5 rings (SSSR count). The molecule has 0 radical (unpaired) electrons. The van der Waals surface area contributed by atoms with Crippen LogP contribution < -0.4 is 5.73 Å². The average Bonchev–Trinajstić information content (AvgIpc) is 3.35. The first-order valence-electron chi connectivity index (χ1n) is 12.3. The standard InChI is InChI=1S/C26H28FN3O8/c1-29(2)18-12-8-10-7-11-9-13(27)16(25(37)30-5-3-4-6-30)20(32)14(11)19(31)15(10)22(34)26(12,38)23(35)17(21(18)33)24(28)36/h9-10,12,18,32-34,38H,3-8H2,1-2H3,(H2,28,36)/t10-,12-,18-,26-/m0/s1. The molecule has 202 valence electrons. The van der Waals surface area contributed by atoms with Gasteiger partial charge in [-0.1, -0.05) is 0 Å². The van der Waals surface area contributed by atoms with Gasteiger partial charge >= 0.3 is 0 Å². The Balaban J connectivity index is 1.67. The molecule has 3 aliphatic carbocycles. The Morgan fingerprint density at radius 2 is 1.79 bits per heavy atom. The van der Waals surface area contributed by atoms with Crippen LogP contribution in [-0.4, -0.2) is 92.4 Å². The normalized spacial score (nSPS) is 29.0. The number of hydrogen-bond acceptors (Lipinski definition) is 9. The van der Waals surface area contributed by atoms with Gasteiger partial charge in [-0.25, -0.2) is 4.39 Å². The number of fused-ring (bicyclic) bond motifs is 3. The molecule has 6 N–H and O–H groups in total. The monoisotopic (exact) mass is 529 g/mol. The van der Waals surface area contributed by atoms with E-state index in [0.717, 1.165) is 18.9 Å². The van der Waals surface area contributed by atoms with Crippen LogP contribution >= 0.6 is 0 Å². The Morgan fingerprint density at radius 3 is 2.37 bits per heavy atom. The number of Topliss-reactive ketones (excluding diaryl/α,β-unsaturated/α-hetero) is 2. The van der Waals surface area contributed by atoms with Gasteiger partial charge in [0.1, 0.15) is 34.2 Å². The topological polar surface area (TPSA) is 182 Å². The molecular formula is C26H28FN3O8. The lowest BCUT2D eigenvalue weighted by Crippen LogP contribution is -2.63. The molecule has 1 fully saturated rings. The van der Waals surface area contributed by atoms with Crippen LogP contribution in [0, 0.1) is 17.7 Å². The molecule has 4 atom stereocenters. The smallest absolute Gasteiger partial charge is 0.260 e. The van der Waals surface area contributed by atoms with Gasteiger partial charge < -0.3 is 31.1 Å². The molecule has 1 aromatic carbocycles. The van der Waals surface area contributed by atoms with Crippen molar-refractivity contribution in [1.29, 1.82) is 0 Å². The predicted octanol–water partition coefficient (Wildman–Crippen LogP) is 0.496. The van der Waals surface area contributed by atoms with E-state index in [-0.39, 0.29) is 24.0 Å². The molecule has 0 saturated carbocycles. The van der Waals surface area contributed by atoms with Gasteiger partial charge in [0.25, 0.3) is 11.8 Å². The van der Waals surface area contributed by atoms with Gasteiger partial charge in [-0.3, -0.25) is 24.1 Å². The molecule has 2 amide bonds. The number of aliphatic hydroxyl groups is 3. The number of nitrogens with two attached hydrogens (primary N) is 1. The summed E-state index contributed by atoms with van der Waals surface area (Å²) in [5.74, 6) is -9.94. The summed E-state index contributed by atoms with van der Waals surface area (Å²) in [4.78, 5) is 54.8. The van der Waals surface area contributed by atoms with Crippen LogP contribution in [0.25, 0.3) is 0 Å². The Hall–Kier alpha value is -3.77. The van der Waals surface area contributed by atoms with E-state index >= 15 is 4.39 Å². The summed E-state index contributed by atoms with van der Waals surface area (Å²) in [5, 5.41) is 44.6. The van der Waals surface area contributed by atoms with Crippen LogP contribution in [0.3, 0.4) is 0 Å². The van der Waals surface area contributed by atoms with E-state index in [1.165, 1.54) is 23.9 Å². The zero-order valence-corrected chi connectivity index (χ0v) is 20.8. The summed E-state index contributed by atoms with van der Waals surface area (Å²) in [6, 6.07) is -0.103. The first kappa shape index (κ1) is 25.9. The Kier molecular flexibility index (Phi) is 5.88. The lowest BCUT2D eigenvalue weighted by Gasteiger charge is -2.50. The fourth-order valence-electron chi connectivity index (χ4n) is 6.55. The van der Waals surface area contributed by atoms with E-state index in [4.69, 9.17) is 5.73 Å². The zero-order valence-electron chi connectivity index (χ0n) is 20.8. The van der Waals surface area contributed by atoms with E-state index < -0.39 is 86.6 Å². The molecule has 0 unspecified atom stereocenters. The van der Waals surface area contributed by atoms with Gasteiger partial charge in [-0.15, -0.1) is 0 Å². The molecule has 1 aliphatic heterocycles. The second kappa shape index (κ2) is 8.63. The number of allylic oxidation sites excluding steroid dienone is 1. The van der Waals surface area contributed by atoms with Crippen molar-refractivity contribution in [2.24, 2.45) is 17.6 Å². The molecule has 1 saturated heterocycles. The van der Waals surface area contributed by atoms with Crippen LogP contribution in [0.2, 0.25) is 0 Å². The lowest BCUT2D eigenvalue weighted by molar-refractivity contribution is -0.148. The van der Waals surface area contributed by atoms with E-state index in [2.05, 4.69) is 0 Å². The minimum absolute atomic E-state index is 0.0583. The third-order valence-corrected chi connectivity index (χ3v) is 8.27. The number of phenols is 1. The molecule has 0 spiro atoms.